The van der Waals surface area contributed by atoms with Gasteiger partial charge in [-0.05, 0) is 51.4 Å². The third-order valence-electron chi connectivity index (χ3n) is 9.34. The highest BCUT2D eigenvalue weighted by Gasteiger charge is 2.42. The summed E-state index contributed by atoms with van der Waals surface area (Å²) in [6.45, 7) is 4.06. The lowest BCUT2D eigenvalue weighted by atomic mass is 9.93. The molecule has 2 rings (SSSR count). The summed E-state index contributed by atoms with van der Waals surface area (Å²) in [4.78, 5) is 122. The van der Waals surface area contributed by atoms with Crippen molar-refractivity contribution in [3.8, 4) is 0 Å². The molecule has 0 aromatic rings. The van der Waals surface area contributed by atoms with E-state index < -0.39 is 90.8 Å². The van der Waals surface area contributed by atoms with E-state index in [2.05, 4.69) is 42.5 Å². The number of rotatable bonds is 27. The fraction of sp³-hybridized carbons (Fsp3) is 0.714. The van der Waals surface area contributed by atoms with E-state index in [9.17, 15) is 47.9 Å². The molecule has 58 heavy (non-hydrogen) atoms. The molecule has 11 amide bonds. The van der Waals surface area contributed by atoms with E-state index in [1.165, 1.54) is 12.4 Å². The standard InChI is InChI=1S/C35H59N11O11S/c1-18(2)12-20(13-27(49)46-57)33(54)41-19(3)32(53)43-22(14-25(36)47)34(55)40-15-28(50)39-16-29(51)42-21(31(37)52)8-6-7-11-38-26(48)10-5-4-9-24-30-23(17-58-24)44-35(56)45-30/h18-24,30,57H,4-17H2,1-3H3,(H2,36,47)(H2,37,52)(H,38,48)(H,39,50)(H,40,55)(H,41,54)(H,42,51)(H,43,53)(H,46,49)(H2,44,45,56)/t19-,20?,21-,22-,23-,24-,30-/m0/s1. The minimum absolute atomic E-state index is 0.00237. The molecular weight excluding hydrogens is 783 g/mol. The Morgan fingerprint density at radius 2 is 1.47 bits per heavy atom. The number of unbranched alkanes of at least 4 members (excludes halogenated alkanes) is 2. The van der Waals surface area contributed by atoms with Crippen molar-refractivity contribution in [2.75, 3.05) is 25.4 Å². The van der Waals surface area contributed by atoms with Crippen molar-refractivity contribution in [1.82, 2.24) is 48.0 Å². The van der Waals surface area contributed by atoms with Gasteiger partial charge >= 0.3 is 6.03 Å². The number of hydrogen-bond donors (Lipinski definition) is 12. The summed E-state index contributed by atoms with van der Waals surface area (Å²) in [6.07, 6.45) is 3.27. The Labute approximate surface area is 340 Å². The first-order chi connectivity index (χ1) is 27.4. The normalized spacial score (nSPS) is 18.8. The fourth-order valence-electron chi connectivity index (χ4n) is 6.35. The Morgan fingerprint density at radius 3 is 2.12 bits per heavy atom. The van der Waals surface area contributed by atoms with Gasteiger partial charge in [-0.15, -0.1) is 0 Å². The van der Waals surface area contributed by atoms with Gasteiger partial charge in [-0.25, -0.2) is 10.3 Å². The van der Waals surface area contributed by atoms with Crippen LogP contribution in [0, 0.1) is 11.8 Å². The van der Waals surface area contributed by atoms with Crippen LogP contribution < -0.4 is 59.5 Å². The van der Waals surface area contributed by atoms with Crippen molar-refractivity contribution < 1.29 is 53.2 Å². The van der Waals surface area contributed by atoms with Crippen LogP contribution in [-0.2, 0) is 43.2 Å². The molecule has 2 aliphatic heterocycles. The maximum atomic E-state index is 12.8. The van der Waals surface area contributed by atoms with E-state index in [1.54, 1.807) is 0 Å². The molecule has 23 heteroatoms. The number of primary amides is 2. The fourth-order valence-corrected chi connectivity index (χ4v) is 7.90. The van der Waals surface area contributed by atoms with E-state index in [0.717, 1.165) is 18.6 Å². The van der Waals surface area contributed by atoms with Gasteiger partial charge in [0.25, 0.3) is 0 Å². The maximum Gasteiger partial charge on any atom is 0.315 e. The van der Waals surface area contributed by atoms with Crippen LogP contribution in [0.1, 0.15) is 85.0 Å². The Morgan fingerprint density at radius 1 is 0.759 bits per heavy atom. The van der Waals surface area contributed by atoms with Gasteiger partial charge in [0, 0.05) is 36.3 Å². The van der Waals surface area contributed by atoms with Gasteiger partial charge in [0.1, 0.15) is 18.1 Å². The van der Waals surface area contributed by atoms with E-state index in [0.29, 0.717) is 37.5 Å². The summed E-state index contributed by atoms with van der Waals surface area (Å²) < 4.78 is 0. The van der Waals surface area contributed by atoms with Gasteiger partial charge in [-0.1, -0.05) is 20.3 Å². The third kappa shape index (κ3) is 18.4. The van der Waals surface area contributed by atoms with E-state index in [1.807, 2.05) is 25.6 Å². The molecule has 2 aliphatic rings. The number of nitrogens with one attached hydrogen (secondary N) is 9. The zero-order valence-corrected chi connectivity index (χ0v) is 33.9. The molecular formula is C35H59N11O11S. The molecule has 0 aromatic carbocycles. The number of carbonyl (C=O) groups is 10. The molecule has 0 radical (unpaired) electrons. The monoisotopic (exact) mass is 841 g/mol. The zero-order chi connectivity index (χ0) is 43.4. The minimum atomic E-state index is -1.53. The first-order valence-corrected chi connectivity index (χ1v) is 20.3. The SMILES string of the molecule is CC(C)CC(CC(=O)NO)C(=O)N[C@@H](C)C(=O)N[C@@H](CC(N)=O)C(=O)NCC(=O)NCC(=O)N[C@@H](CCCCNC(=O)CCCC[C@@H]1SC[C@@H]2NC(=O)N[C@@H]21)C(N)=O. The first-order valence-electron chi connectivity index (χ1n) is 19.3. The van der Waals surface area contributed by atoms with Crippen molar-refractivity contribution in [2.24, 2.45) is 23.3 Å². The number of fused-ring (bicyclic) bond motifs is 1. The van der Waals surface area contributed by atoms with Gasteiger partial charge in [0.05, 0.1) is 31.6 Å². The summed E-state index contributed by atoms with van der Waals surface area (Å²) in [5.41, 5.74) is 12.1. The molecule has 22 nitrogen and oxygen atoms in total. The van der Waals surface area contributed by atoms with Crippen LogP contribution in [0.15, 0.2) is 0 Å². The van der Waals surface area contributed by atoms with Crippen molar-refractivity contribution >= 4 is 71.0 Å². The number of nitrogens with two attached hydrogens (primary N) is 2. The lowest BCUT2D eigenvalue weighted by molar-refractivity contribution is -0.137. The van der Waals surface area contributed by atoms with Crippen LogP contribution in [0.4, 0.5) is 4.79 Å². The average Bonchev–Trinajstić information content (AvgIpc) is 3.71. The van der Waals surface area contributed by atoms with Crippen molar-refractivity contribution in [2.45, 2.75) is 120 Å². The van der Waals surface area contributed by atoms with Crippen LogP contribution in [0.5, 0.6) is 0 Å². The van der Waals surface area contributed by atoms with Gasteiger partial charge in [0.15, 0.2) is 0 Å². The van der Waals surface area contributed by atoms with Crippen LogP contribution in [0.3, 0.4) is 0 Å². The maximum absolute atomic E-state index is 12.8. The third-order valence-corrected chi connectivity index (χ3v) is 10.9. The lowest BCUT2D eigenvalue weighted by Gasteiger charge is -2.23. The lowest BCUT2D eigenvalue weighted by Crippen LogP contribution is -2.55. The average molecular weight is 842 g/mol. The summed E-state index contributed by atoms with van der Waals surface area (Å²) >= 11 is 1.83. The van der Waals surface area contributed by atoms with Crippen molar-refractivity contribution in [3.05, 3.63) is 0 Å². The predicted molar refractivity (Wildman–Crippen MR) is 209 cm³/mol. The van der Waals surface area contributed by atoms with Crippen LogP contribution in [0.2, 0.25) is 0 Å². The molecule has 0 saturated carbocycles. The second-order valence-corrected chi connectivity index (χ2v) is 16.0. The van der Waals surface area contributed by atoms with E-state index in [4.69, 9.17) is 16.7 Å². The molecule has 14 N–H and O–H groups in total. The first kappa shape index (κ1) is 49.0. The topological polar surface area (TPSA) is 351 Å². The smallest absolute Gasteiger partial charge is 0.315 e. The van der Waals surface area contributed by atoms with Gasteiger partial charge < -0.3 is 54.0 Å². The second kappa shape index (κ2) is 25.2. The number of carbonyl (C=O) groups excluding carboxylic acids is 10. The van der Waals surface area contributed by atoms with Crippen LogP contribution in [0.25, 0.3) is 0 Å². The predicted octanol–water partition coefficient (Wildman–Crippen LogP) is -3.38. The Balaban J connectivity index is 1.68. The summed E-state index contributed by atoms with van der Waals surface area (Å²) in [5.74, 6) is -6.70. The highest BCUT2D eigenvalue weighted by molar-refractivity contribution is 8.00. The molecule has 2 heterocycles. The Bertz CT molecular complexity index is 1500. The highest BCUT2D eigenvalue weighted by atomic mass is 32.2. The quantitative estimate of drug-likeness (QED) is 0.0167. The molecule has 1 unspecified atom stereocenters. The Kier molecular flexibility index (Phi) is 21.3. The molecule has 7 atom stereocenters. The van der Waals surface area contributed by atoms with Gasteiger partial charge in [-0.2, -0.15) is 11.8 Å². The van der Waals surface area contributed by atoms with E-state index in [-0.39, 0.29) is 49.2 Å². The van der Waals surface area contributed by atoms with Gasteiger partial charge in [0.2, 0.25) is 53.2 Å². The number of hydroxylamine groups is 1. The number of amides is 11. The van der Waals surface area contributed by atoms with Crippen LogP contribution in [-0.4, -0.2) is 125 Å². The molecule has 2 fully saturated rings. The van der Waals surface area contributed by atoms with Crippen molar-refractivity contribution in [3.63, 3.8) is 0 Å². The molecule has 0 bridgehead atoms. The summed E-state index contributed by atoms with van der Waals surface area (Å²) in [5, 5.41) is 29.5. The largest absolute Gasteiger partial charge is 0.370 e. The number of urea groups is 1. The number of thioether (sulfide) groups is 1. The zero-order valence-electron chi connectivity index (χ0n) is 33.1. The van der Waals surface area contributed by atoms with Gasteiger partial charge in [-0.3, -0.25) is 48.4 Å². The number of hydrogen-bond acceptors (Lipinski definition) is 12. The molecule has 0 spiro atoms. The second-order valence-electron chi connectivity index (χ2n) is 14.8. The summed E-state index contributed by atoms with van der Waals surface area (Å²) in [6, 6.07) is -3.64. The van der Waals surface area contributed by atoms with E-state index >= 15 is 0 Å². The molecule has 0 aromatic heterocycles. The Hall–Kier alpha value is -5.19. The highest BCUT2D eigenvalue weighted by Crippen LogP contribution is 2.33. The summed E-state index contributed by atoms with van der Waals surface area (Å²) in [7, 11) is 0. The molecule has 2 saturated heterocycles. The minimum Gasteiger partial charge on any atom is -0.370 e. The molecule has 326 valence electrons. The molecule has 0 aliphatic carbocycles. The van der Waals surface area contributed by atoms with Crippen molar-refractivity contribution in [1.29, 1.82) is 0 Å². The van der Waals surface area contributed by atoms with Crippen LogP contribution >= 0.6 is 11.8 Å².